The van der Waals surface area contributed by atoms with E-state index in [4.69, 9.17) is 10.5 Å². The molecule has 4 nitrogen and oxygen atoms in total. The Bertz CT molecular complexity index is 491. The van der Waals surface area contributed by atoms with E-state index in [0.29, 0.717) is 11.4 Å². The Balaban J connectivity index is 2.19. The average Bonchev–Trinajstić information content (AvgIpc) is 2.64. The summed E-state index contributed by atoms with van der Waals surface area (Å²) in [5.74, 6) is 1.65. The Labute approximate surface area is 94.5 Å². The molecule has 0 radical (unpaired) electrons. The Kier molecular flexibility index (Phi) is 2.81. The van der Waals surface area contributed by atoms with Crippen LogP contribution in [0.1, 0.15) is 17.1 Å². The molecule has 1 aromatic heterocycles. The molecule has 4 heteroatoms. The topological polar surface area (TPSA) is 63.9 Å². The summed E-state index contributed by atoms with van der Waals surface area (Å²) < 4.78 is 5.11. The van der Waals surface area contributed by atoms with Gasteiger partial charge in [-0.15, -0.1) is 0 Å². The predicted octanol–water partition coefficient (Wildman–Crippen LogP) is 1.90. The summed E-state index contributed by atoms with van der Waals surface area (Å²) in [5.41, 5.74) is 8.68. The van der Waals surface area contributed by atoms with Gasteiger partial charge in [0.15, 0.2) is 0 Å². The molecule has 1 heterocycles. The second-order valence-electron chi connectivity index (χ2n) is 3.77. The summed E-state index contributed by atoms with van der Waals surface area (Å²) in [6.45, 7) is 1.99. The molecule has 0 aliphatic rings. The van der Waals surface area contributed by atoms with E-state index in [-0.39, 0.29) is 0 Å². The molecule has 0 bridgehead atoms. The van der Waals surface area contributed by atoms with Gasteiger partial charge in [-0.2, -0.15) is 0 Å². The fraction of sp³-hybridized carbons (Fsp3) is 0.250. The van der Waals surface area contributed by atoms with Crippen molar-refractivity contribution in [1.82, 2.24) is 9.97 Å². The number of rotatable bonds is 3. The maximum atomic E-state index is 5.84. The number of nitrogens with zero attached hydrogens (tertiary/aromatic N) is 1. The molecule has 2 aromatic rings. The van der Waals surface area contributed by atoms with Crippen molar-refractivity contribution >= 4 is 5.69 Å². The van der Waals surface area contributed by atoms with Gasteiger partial charge < -0.3 is 15.5 Å². The number of anilines is 1. The lowest BCUT2D eigenvalue weighted by atomic mass is 10.1. The zero-order chi connectivity index (χ0) is 11.5. The maximum Gasteiger partial charge on any atom is 0.141 e. The summed E-state index contributed by atoms with van der Waals surface area (Å²) in [5, 5.41) is 0. The molecular weight excluding hydrogens is 202 g/mol. The van der Waals surface area contributed by atoms with Crippen LogP contribution in [-0.2, 0) is 6.42 Å². The first-order valence-electron chi connectivity index (χ1n) is 5.12. The van der Waals surface area contributed by atoms with Gasteiger partial charge in [0, 0.05) is 18.3 Å². The van der Waals surface area contributed by atoms with Crippen molar-refractivity contribution in [3.63, 3.8) is 0 Å². The van der Waals surface area contributed by atoms with Crippen LogP contribution in [-0.4, -0.2) is 17.1 Å². The molecule has 0 unspecified atom stereocenters. The highest BCUT2D eigenvalue weighted by Crippen LogP contribution is 2.22. The van der Waals surface area contributed by atoms with Crippen molar-refractivity contribution in [2.24, 2.45) is 0 Å². The van der Waals surface area contributed by atoms with Gasteiger partial charge in [0.2, 0.25) is 0 Å². The van der Waals surface area contributed by atoms with E-state index in [1.54, 1.807) is 7.11 Å². The van der Waals surface area contributed by atoms with Crippen LogP contribution >= 0.6 is 0 Å². The van der Waals surface area contributed by atoms with E-state index in [0.717, 1.165) is 23.5 Å². The number of hydrogen-bond acceptors (Lipinski definition) is 3. The zero-order valence-electron chi connectivity index (χ0n) is 9.45. The number of hydrogen-bond donors (Lipinski definition) is 2. The molecule has 0 saturated carbocycles. The van der Waals surface area contributed by atoms with Gasteiger partial charge in [0.25, 0.3) is 0 Å². The minimum absolute atomic E-state index is 0.656. The number of aromatic amines is 1. The zero-order valence-corrected chi connectivity index (χ0v) is 9.45. The number of methoxy groups -OCH3 is 1. The van der Waals surface area contributed by atoms with E-state index >= 15 is 0 Å². The lowest BCUT2D eigenvalue weighted by Gasteiger charge is -2.06. The summed E-state index contributed by atoms with van der Waals surface area (Å²) >= 11 is 0. The first-order valence-corrected chi connectivity index (χ1v) is 5.12. The third-order valence-electron chi connectivity index (χ3n) is 2.42. The Morgan fingerprint density at radius 3 is 2.81 bits per heavy atom. The standard InChI is InChI=1S/C12H15N3O/c1-8-7-14-12(15-8)6-9-3-4-11(16-2)10(13)5-9/h3-5,7H,6,13H2,1-2H3,(H,14,15). The number of aryl methyl sites for hydroxylation is 1. The smallest absolute Gasteiger partial charge is 0.141 e. The highest BCUT2D eigenvalue weighted by Gasteiger charge is 2.03. The second kappa shape index (κ2) is 4.26. The van der Waals surface area contributed by atoms with Crippen molar-refractivity contribution < 1.29 is 4.74 Å². The first-order chi connectivity index (χ1) is 7.69. The van der Waals surface area contributed by atoms with Crippen molar-refractivity contribution in [3.8, 4) is 5.75 Å². The lowest BCUT2D eigenvalue weighted by molar-refractivity contribution is 0.417. The molecule has 16 heavy (non-hydrogen) atoms. The molecule has 0 amide bonds. The molecule has 0 atom stereocenters. The summed E-state index contributed by atoms with van der Waals surface area (Å²) in [6.07, 6.45) is 2.57. The summed E-state index contributed by atoms with van der Waals surface area (Å²) in [6, 6.07) is 5.78. The highest BCUT2D eigenvalue weighted by molar-refractivity contribution is 5.54. The third-order valence-corrected chi connectivity index (χ3v) is 2.42. The average molecular weight is 217 g/mol. The van der Waals surface area contributed by atoms with E-state index in [1.165, 1.54) is 0 Å². The molecule has 0 aliphatic carbocycles. The van der Waals surface area contributed by atoms with Gasteiger partial charge in [-0.3, -0.25) is 0 Å². The van der Waals surface area contributed by atoms with Crippen molar-refractivity contribution in [1.29, 1.82) is 0 Å². The van der Waals surface area contributed by atoms with Gasteiger partial charge in [0.05, 0.1) is 12.8 Å². The largest absolute Gasteiger partial charge is 0.495 e. The number of ether oxygens (including phenoxy) is 1. The second-order valence-corrected chi connectivity index (χ2v) is 3.77. The first kappa shape index (κ1) is 10.5. The van der Waals surface area contributed by atoms with E-state index in [2.05, 4.69) is 9.97 Å². The Morgan fingerprint density at radius 2 is 2.25 bits per heavy atom. The molecule has 0 spiro atoms. The van der Waals surface area contributed by atoms with Crippen LogP contribution < -0.4 is 10.5 Å². The number of aromatic nitrogens is 2. The Hall–Kier alpha value is -1.97. The number of nitrogens with two attached hydrogens (primary N) is 1. The van der Waals surface area contributed by atoms with Crippen LogP contribution in [0.15, 0.2) is 24.4 Å². The van der Waals surface area contributed by atoms with Crippen molar-refractivity contribution in [3.05, 3.63) is 41.5 Å². The van der Waals surface area contributed by atoms with Gasteiger partial charge in [-0.1, -0.05) is 6.07 Å². The fourth-order valence-corrected chi connectivity index (χ4v) is 1.64. The summed E-state index contributed by atoms with van der Waals surface area (Å²) in [4.78, 5) is 7.45. The van der Waals surface area contributed by atoms with Crippen LogP contribution in [0.2, 0.25) is 0 Å². The van der Waals surface area contributed by atoms with Crippen LogP contribution in [0.5, 0.6) is 5.75 Å². The molecule has 0 aliphatic heterocycles. The van der Waals surface area contributed by atoms with Crippen molar-refractivity contribution in [2.45, 2.75) is 13.3 Å². The molecule has 2 rings (SSSR count). The minimum atomic E-state index is 0.656. The molecule has 0 saturated heterocycles. The number of H-pyrrole nitrogens is 1. The van der Waals surface area contributed by atoms with Gasteiger partial charge >= 0.3 is 0 Å². The normalized spacial score (nSPS) is 10.4. The fourth-order valence-electron chi connectivity index (χ4n) is 1.64. The minimum Gasteiger partial charge on any atom is -0.495 e. The maximum absolute atomic E-state index is 5.84. The van der Waals surface area contributed by atoms with Gasteiger partial charge in [-0.25, -0.2) is 4.98 Å². The van der Waals surface area contributed by atoms with Crippen LogP contribution in [0.25, 0.3) is 0 Å². The summed E-state index contributed by atoms with van der Waals surface area (Å²) in [7, 11) is 1.61. The number of nitrogen functional groups attached to an aromatic ring is 1. The van der Waals surface area contributed by atoms with E-state index in [9.17, 15) is 0 Å². The van der Waals surface area contributed by atoms with Crippen LogP contribution in [0, 0.1) is 6.92 Å². The SMILES string of the molecule is COc1ccc(Cc2ncc(C)[nH]2)cc1N. The number of benzene rings is 1. The van der Waals surface area contributed by atoms with E-state index < -0.39 is 0 Å². The lowest BCUT2D eigenvalue weighted by Crippen LogP contribution is -1.96. The third kappa shape index (κ3) is 2.16. The molecule has 3 N–H and O–H groups in total. The van der Waals surface area contributed by atoms with Crippen LogP contribution in [0.3, 0.4) is 0 Å². The predicted molar refractivity (Wildman–Crippen MR) is 63.5 cm³/mol. The van der Waals surface area contributed by atoms with Gasteiger partial charge in [0.1, 0.15) is 11.6 Å². The quantitative estimate of drug-likeness (QED) is 0.772. The molecule has 0 fully saturated rings. The molecule has 1 aromatic carbocycles. The Morgan fingerprint density at radius 1 is 1.44 bits per heavy atom. The molecule has 84 valence electrons. The van der Waals surface area contributed by atoms with E-state index in [1.807, 2.05) is 31.3 Å². The monoisotopic (exact) mass is 217 g/mol. The molecular formula is C12H15N3O. The van der Waals surface area contributed by atoms with Gasteiger partial charge in [-0.05, 0) is 24.6 Å². The highest BCUT2D eigenvalue weighted by atomic mass is 16.5. The number of imidazole rings is 1. The number of nitrogens with one attached hydrogen (secondary N) is 1. The van der Waals surface area contributed by atoms with Crippen LogP contribution in [0.4, 0.5) is 5.69 Å². The van der Waals surface area contributed by atoms with Crippen molar-refractivity contribution in [2.75, 3.05) is 12.8 Å².